The molecule has 0 radical (unpaired) electrons. The highest BCUT2D eigenvalue weighted by molar-refractivity contribution is 5.76. The van der Waals surface area contributed by atoms with Gasteiger partial charge < -0.3 is 38.9 Å². The highest BCUT2D eigenvalue weighted by Crippen LogP contribution is 2.30. The number of nitrogens with two attached hydrogens (primary N) is 1. The molecule has 2 atom stereocenters. The van der Waals surface area contributed by atoms with Crippen molar-refractivity contribution in [2.45, 2.75) is 85.8 Å². The molecule has 0 aliphatic rings. The summed E-state index contributed by atoms with van der Waals surface area (Å²) in [6.07, 6.45) is -0.650. The monoisotopic (exact) mass is 583 g/mol. The van der Waals surface area contributed by atoms with E-state index in [0.717, 1.165) is 12.8 Å². The molecule has 12 nitrogen and oxygen atoms in total. The Hall–Kier alpha value is -3.54. The van der Waals surface area contributed by atoms with Crippen molar-refractivity contribution >= 4 is 24.4 Å². The molecule has 2 N–H and O–H groups in total. The minimum absolute atomic E-state index is 0.00332. The molecule has 0 amide bonds. The second-order valence-electron chi connectivity index (χ2n) is 10.4. The Morgan fingerprint density at radius 2 is 1.32 bits per heavy atom. The first-order chi connectivity index (χ1) is 19.4. The van der Waals surface area contributed by atoms with Crippen molar-refractivity contribution in [1.29, 1.82) is 0 Å². The molecule has 0 bridgehead atoms. The lowest BCUT2D eigenvalue weighted by atomic mass is 10.1. The summed E-state index contributed by atoms with van der Waals surface area (Å²) >= 11 is 0. The van der Waals surface area contributed by atoms with Gasteiger partial charge in [-0.1, -0.05) is 47.1 Å². The number of ether oxygens (including phenoxy) is 7. The Morgan fingerprint density at radius 3 is 1.88 bits per heavy atom. The summed E-state index contributed by atoms with van der Waals surface area (Å²) in [5.74, 6) is -0.260. The molecule has 12 heteroatoms. The zero-order valence-electron chi connectivity index (χ0n) is 25.0. The predicted molar refractivity (Wildman–Crippen MR) is 149 cm³/mol. The second-order valence-corrected chi connectivity index (χ2v) is 10.4. The molecule has 0 spiro atoms. The maximum absolute atomic E-state index is 12.5. The largest absolute Gasteiger partial charge is 0.513 e. The van der Waals surface area contributed by atoms with Gasteiger partial charge in [-0.15, -0.1) is 0 Å². The molecule has 1 rings (SSSR count). The van der Waals surface area contributed by atoms with E-state index < -0.39 is 36.6 Å². The number of hydrogen-bond acceptors (Lipinski definition) is 12. The topological polar surface area (TPSA) is 159 Å². The first kappa shape index (κ1) is 35.5. The molecular formula is C29H45NO11. The Labute approximate surface area is 242 Å². The zero-order valence-corrected chi connectivity index (χ0v) is 25.0. The summed E-state index contributed by atoms with van der Waals surface area (Å²) in [6, 6.07) is 3.27. The van der Waals surface area contributed by atoms with Gasteiger partial charge in [-0.25, -0.2) is 14.4 Å². The number of esters is 1. The average Bonchev–Trinajstić information content (AvgIpc) is 2.88. The highest BCUT2D eigenvalue weighted by atomic mass is 16.7. The van der Waals surface area contributed by atoms with Crippen molar-refractivity contribution in [1.82, 2.24) is 0 Å². The average molecular weight is 584 g/mol. The van der Waals surface area contributed by atoms with Crippen LogP contribution < -0.4 is 15.2 Å². The third-order valence-corrected chi connectivity index (χ3v) is 5.45. The van der Waals surface area contributed by atoms with Gasteiger partial charge >= 0.3 is 24.4 Å². The number of carbonyl (C=O) groups excluding carboxylic acids is 4. The molecule has 0 saturated carbocycles. The Balaban J connectivity index is 2.82. The van der Waals surface area contributed by atoms with Crippen LogP contribution >= 0.6 is 0 Å². The molecule has 0 fully saturated rings. The summed E-state index contributed by atoms with van der Waals surface area (Å²) in [4.78, 5) is 48.5. The van der Waals surface area contributed by atoms with E-state index in [1.54, 1.807) is 13.0 Å². The van der Waals surface area contributed by atoms with Crippen molar-refractivity contribution in [3.05, 3.63) is 23.8 Å². The van der Waals surface area contributed by atoms with Crippen LogP contribution in [0, 0.1) is 11.8 Å². The van der Waals surface area contributed by atoms with Crippen LogP contribution in [0.1, 0.15) is 72.8 Å². The fourth-order valence-corrected chi connectivity index (χ4v) is 3.02. The van der Waals surface area contributed by atoms with E-state index in [2.05, 4.69) is 0 Å². The third kappa shape index (κ3) is 16.3. The van der Waals surface area contributed by atoms with Crippen LogP contribution in [0.2, 0.25) is 0 Å². The summed E-state index contributed by atoms with van der Waals surface area (Å²) in [7, 11) is 0. The summed E-state index contributed by atoms with van der Waals surface area (Å²) in [5.41, 5.74) is 6.52. The minimum atomic E-state index is -1.09. The lowest BCUT2D eigenvalue weighted by molar-refractivity contribution is -0.152. The van der Waals surface area contributed by atoms with Gasteiger partial charge in [0.1, 0.15) is 18.8 Å². The summed E-state index contributed by atoms with van der Waals surface area (Å²) in [5, 5.41) is 0. The zero-order chi connectivity index (χ0) is 30.8. The Morgan fingerprint density at radius 1 is 0.756 bits per heavy atom. The van der Waals surface area contributed by atoms with Crippen LogP contribution in [-0.2, 0) is 34.9 Å². The maximum Gasteiger partial charge on any atom is 0.513 e. The van der Waals surface area contributed by atoms with Crippen LogP contribution in [0.5, 0.6) is 11.5 Å². The molecule has 0 saturated heterocycles. The predicted octanol–water partition coefficient (Wildman–Crippen LogP) is 5.56. The van der Waals surface area contributed by atoms with E-state index in [4.69, 9.17) is 38.9 Å². The fraction of sp³-hybridized carbons (Fsp3) is 0.655. The van der Waals surface area contributed by atoms with Gasteiger partial charge in [0, 0.05) is 0 Å². The van der Waals surface area contributed by atoms with Crippen molar-refractivity contribution in [3.8, 4) is 11.5 Å². The minimum Gasteiger partial charge on any atom is -0.458 e. The van der Waals surface area contributed by atoms with Crippen molar-refractivity contribution in [3.63, 3.8) is 0 Å². The van der Waals surface area contributed by atoms with Crippen molar-refractivity contribution in [2.24, 2.45) is 17.6 Å². The van der Waals surface area contributed by atoms with E-state index in [0.29, 0.717) is 30.2 Å². The SMILES string of the molecule is CCCCOC(=O)OC[C@H](C)OC(=O)[C@@H](N)Cc1ccc(OC(=O)OCCC(C)C)c(OC(=O)OCCC(C)C)c1. The molecule has 0 aliphatic carbocycles. The first-order valence-corrected chi connectivity index (χ1v) is 14.0. The number of carbonyl (C=O) groups is 4. The molecule has 0 unspecified atom stereocenters. The molecule has 1 aromatic carbocycles. The van der Waals surface area contributed by atoms with E-state index in [-0.39, 0.29) is 44.3 Å². The lowest BCUT2D eigenvalue weighted by Crippen LogP contribution is -2.37. The Kier molecular flexibility index (Phi) is 16.9. The van der Waals surface area contributed by atoms with E-state index >= 15 is 0 Å². The summed E-state index contributed by atoms with van der Waals surface area (Å²) in [6.45, 7) is 11.8. The lowest BCUT2D eigenvalue weighted by Gasteiger charge is -2.17. The smallest absolute Gasteiger partial charge is 0.458 e. The molecular weight excluding hydrogens is 538 g/mol. The van der Waals surface area contributed by atoms with Gasteiger partial charge in [-0.3, -0.25) is 4.79 Å². The van der Waals surface area contributed by atoms with E-state index in [1.165, 1.54) is 12.1 Å². The number of rotatable bonds is 17. The maximum atomic E-state index is 12.5. The van der Waals surface area contributed by atoms with E-state index in [9.17, 15) is 19.2 Å². The standard InChI is InChI=1S/C29H45NO11/c1-7-8-13-35-27(32)38-18-21(6)39-26(31)23(30)16-22-9-10-24(40-28(33)36-14-11-19(2)3)25(17-22)41-29(34)37-15-12-20(4)5/h9-10,17,19-21,23H,7-8,11-16,18,30H2,1-6H3/t21-,23-/m0/s1. The van der Waals surface area contributed by atoms with Crippen LogP contribution in [0.25, 0.3) is 0 Å². The fourth-order valence-electron chi connectivity index (χ4n) is 3.02. The molecule has 41 heavy (non-hydrogen) atoms. The van der Waals surface area contributed by atoms with Crippen molar-refractivity contribution < 1.29 is 52.3 Å². The quantitative estimate of drug-likeness (QED) is 0.105. The molecule has 232 valence electrons. The number of benzene rings is 1. The van der Waals surface area contributed by atoms with Gasteiger partial charge in [0.2, 0.25) is 0 Å². The molecule has 0 aromatic heterocycles. The van der Waals surface area contributed by atoms with E-state index in [1.807, 2.05) is 34.6 Å². The van der Waals surface area contributed by atoms with Gasteiger partial charge in [-0.05, 0) is 62.1 Å². The van der Waals surface area contributed by atoms with Crippen LogP contribution in [0.3, 0.4) is 0 Å². The van der Waals surface area contributed by atoms with Gasteiger partial charge in [0.25, 0.3) is 0 Å². The highest BCUT2D eigenvalue weighted by Gasteiger charge is 2.22. The second kappa shape index (κ2) is 19.5. The molecule has 1 aromatic rings. The number of hydrogen-bond donors (Lipinski definition) is 1. The first-order valence-electron chi connectivity index (χ1n) is 14.0. The van der Waals surface area contributed by atoms with Crippen molar-refractivity contribution in [2.75, 3.05) is 26.4 Å². The van der Waals surface area contributed by atoms with Crippen LogP contribution in [-0.4, -0.2) is 63.0 Å². The van der Waals surface area contributed by atoms with Gasteiger partial charge in [0.15, 0.2) is 11.5 Å². The molecule has 0 heterocycles. The molecule has 0 aliphatic heterocycles. The van der Waals surface area contributed by atoms with Crippen LogP contribution in [0.4, 0.5) is 14.4 Å². The van der Waals surface area contributed by atoms with Crippen LogP contribution in [0.15, 0.2) is 18.2 Å². The number of unbranched alkanes of at least 4 members (excludes halogenated alkanes) is 1. The normalized spacial score (nSPS) is 12.3. The summed E-state index contributed by atoms with van der Waals surface area (Å²) < 4.78 is 35.8. The van der Waals surface area contributed by atoms with Gasteiger partial charge in [-0.2, -0.15) is 0 Å². The third-order valence-electron chi connectivity index (χ3n) is 5.45. The Bertz CT molecular complexity index is 964. The van der Waals surface area contributed by atoms with Gasteiger partial charge in [0.05, 0.1) is 19.8 Å².